The van der Waals surface area contributed by atoms with E-state index in [4.69, 9.17) is 0 Å². The van der Waals surface area contributed by atoms with Crippen LogP contribution in [0.15, 0.2) is 48.8 Å². The Labute approximate surface area is 152 Å². The topological polar surface area (TPSA) is 79.1 Å². The Hall–Kier alpha value is -2.77. The van der Waals surface area contributed by atoms with Gasteiger partial charge in [-0.05, 0) is 25.5 Å². The van der Waals surface area contributed by atoms with Crippen LogP contribution in [-0.4, -0.2) is 48.9 Å². The van der Waals surface area contributed by atoms with Crippen molar-refractivity contribution in [2.45, 2.75) is 26.0 Å². The highest BCUT2D eigenvalue weighted by Gasteiger charge is 2.21. The number of aromatic nitrogens is 4. The van der Waals surface area contributed by atoms with Gasteiger partial charge >= 0.3 is 0 Å². The lowest BCUT2D eigenvalue weighted by molar-refractivity contribution is 0.174. The van der Waals surface area contributed by atoms with Gasteiger partial charge in [-0.15, -0.1) is 0 Å². The van der Waals surface area contributed by atoms with Crippen molar-refractivity contribution in [3.05, 3.63) is 60.0 Å². The fraction of sp³-hybridized carbons (Fsp3) is 0.316. The van der Waals surface area contributed by atoms with Crippen molar-refractivity contribution in [1.29, 1.82) is 0 Å². The summed E-state index contributed by atoms with van der Waals surface area (Å²) in [6.45, 7) is 4.44. The number of β-amino-alcohol motifs (C(OH)–C–C–N with tert-alkyl or cyclic N) is 1. The minimum atomic E-state index is -0.209. The number of hydrogen-bond donors (Lipinski definition) is 2. The van der Waals surface area contributed by atoms with E-state index in [0.717, 1.165) is 43.0 Å². The van der Waals surface area contributed by atoms with E-state index in [0.29, 0.717) is 11.8 Å². The van der Waals surface area contributed by atoms with Crippen molar-refractivity contribution in [2.24, 2.45) is 0 Å². The van der Waals surface area contributed by atoms with Crippen LogP contribution in [-0.2, 0) is 6.54 Å². The second-order valence-corrected chi connectivity index (χ2v) is 6.59. The molecule has 1 saturated heterocycles. The quantitative estimate of drug-likeness (QED) is 0.735. The number of benzene rings is 1. The van der Waals surface area contributed by atoms with Crippen molar-refractivity contribution in [3.8, 4) is 5.82 Å². The fourth-order valence-electron chi connectivity index (χ4n) is 3.15. The lowest BCUT2D eigenvalue weighted by Gasteiger charge is -2.13. The number of aryl methyl sites for hydroxylation is 1. The van der Waals surface area contributed by atoms with Gasteiger partial charge in [0, 0.05) is 49.3 Å². The summed E-state index contributed by atoms with van der Waals surface area (Å²) in [4.78, 5) is 11.1. The standard InChI is InChI=1S/C19H22N6O/c1-14-15(11-24-10-8-17(26)13-24)12-25(23-14)18-7-9-20-19(22-18)21-16-5-3-2-4-6-16/h2-7,9,12,17,26H,8,10-11,13H2,1H3,(H,20,21,22)/t17-/m1/s1. The molecule has 0 bridgehead atoms. The molecule has 3 heterocycles. The first kappa shape index (κ1) is 16.7. The van der Waals surface area contributed by atoms with Crippen LogP contribution < -0.4 is 5.32 Å². The molecule has 3 aromatic rings. The monoisotopic (exact) mass is 350 g/mol. The number of likely N-dealkylation sites (tertiary alicyclic amines) is 1. The molecule has 0 amide bonds. The molecule has 1 aromatic carbocycles. The van der Waals surface area contributed by atoms with Gasteiger partial charge in [-0.25, -0.2) is 9.67 Å². The Morgan fingerprint density at radius 1 is 1.23 bits per heavy atom. The molecule has 4 rings (SSSR count). The molecule has 0 spiro atoms. The highest BCUT2D eigenvalue weighted by atomic mass is 16.3. The zero-order chi connectivity index (χ0) is 17.9. The molecular weight excluding hydrogens is 328 g/mol. The van der Waals surface area contributed by atoms with Gasteiger partial charge < -0.3 is 10.4 Å². The maximum absolute atomic E-state index is 9.70. The second-order valence-electron chi connectivity index (χ2n) is 6.59. The normalized spacial score (nSPS) is 17.5. The van der Waals surface area contributed by atoms with Crippen LogP contribution in [0.3, 0.4) is 0 Å². The minimum Gasteiger partial charge on any atom is -0.392 e. The molecular formula is C19H22N6O. The molecule has 134 valence electrons. The molecule has 7 nitrogen and oxygen atoms in total. The Bertz CT molecular complexity index is 879. The molecule has 1 fully saturated rings. The Balaban J connectivity index is 1.52. The molecule has 0 radical (unpaired) electrons. The zero-order valence-corrected chi connectivity index (χ0v) is 14.7. The molecule has 1 aliphatic rings. The van der Waals surface area contributed by atoms with Crippen molar-refractivity contribution in [1.82, 2.24) is 24.6 Å². The van der Waals surface area contributed by atoms with E-state index < -0.39 is 0 Å². The number of aliphatic hydroxyl groups is 1. The van der Waals surface area contributed by atoms with Crippen LogP contribution in [0.4, 0.5) is 11.6 Å². The van der Waals surface area contributed by atoms with Crippen LogP contribution in [0, 0.1) is 6.92 Å². The average molecular weight is 350 g/mol. The third-order valence-electron chi connectivity index (χ3n) is 4.55. The largest absolute Gasteiger partial charge is 0.392 e. The molecule has 26 heavy (non-hydrogen) atoms. The van der Waals surface area contributed by atoms with Gasteiger partial charge in [0.25, 0.3) is 0 Å². The van der Waals surface area contributed by atoms with E-state index in [1.807, 2.05) is 49.5 Å². The van der Waals surface area contributed by atoms with Crippen LogP contribution in [0.1, 0.15) is 17.7 Å². The molecule has 7 heteroatoms. The summed E-state index contributed by atoms with van der Waals surface area (Å²) in [6.07, 6.45) is 4.36. The lowest BCUT2D eigenvalue weighted by Crippen LogP contribution is -2.21. The molecule has 0 aliphatic carbocycles. The number of hydrogen-bond acceptors (Lipinski definition) is 6. The zero-order valence-electron chi connectivity index (χ0n) is 14.7. The van der Waals surface area contributed by atoms with Gasteiger partial charge in [-0.3, -0.25) is 4.90 Å². The SMILES string of the molecule is Cc1nn(-c2ccnc(Nc3ccccc3)n2)cc1CN1CC[C@@H](O)C1. The van der Waals surface area contributed by atoms with E-state index in [1.165, 1.54) is 0 Å². The van der Waals surface area contributed by atoms with Crippen LogP contribution in [0.5, 0.6) is 0 Å². The Kier molecular flexibility index (Phi) is 4.64. The maximum atomic E-state index is 9.70. The van der Waals surface area contributed by atoms with Crippen LogP contribution in [0.25, 0.3) is 5.82 Å². The Morgan fingerprint density at radius 3 is 2.85 bits per heavy atom. The van der Waals surface area contributed by atoms with Gasteiger partial charge in [0.2, 0.25) is 5.95 Å². The molecule has 1 atom stereocenters. The van der Waals surface area contributed by atoms with Crippen molar-refractivity contribution >= 4 is 11.6 Å². The van der Waals surface area contributed by atoms with E-state index in [1.54, 1.807) is 10.9 Å². The highest BCUT2D eigenvalue weighted by Crippen LogP contribution is 2.18. The van der Waals surface area contributed by atoms with Gasteiger partial charge in [0.1, 0.15) is 0 Å². The molecule has 0 unspecified atom stereocenters. The summed E-state index contributed by atoms with van der Waals surface area (Å²) in [5, 5.41) is 17.5. The summed E-state index contributed by atoms with van der Waals surface area (Å²) in [7, 11) is 0. The molecule has 2 N–H and O–H groups in total. The average Bonchev–Trinajstić information content (AvgIpc) is 3.22. The summed E-state index contributed by atoms with van der Waals surface area (Å²) in [6, 6.07) is 11.7. The predicted octanol–water partition coefficient (Wildman–Crippen LogP) is 2.28. The number of nitrogens with zero attached hydrogens (tertiary/aromatic N) is 5. The smallest absolute Gasteiger partial charge is 0.229 e. The predicted molar refractivity (Wildman–Crippen MR) is 99.5 cm³/mol. The number of anilines is 2. The fourth-order valence-corrected chi connectivity index (χ4v) is 3.15. The van der Waals surface area contributed by atoms with Crippen molar-refractivity contribution < 1.29 is 5.11 Å². The summed E-state index contributed by atoms with van der Waals surface area (Å²) < 4.78 is 1.79. The molecule has 0 saturated carbocycles. The molecule has 1 aliphatic heterocycles. The minimum absolute atomic E-state index is 0.209. The number of rotatable bonds is 5. The first-order valence-corrected chi connectivity index (χ1v) is 8.78. The summed E-state index contributed by atoms with van der Waals surface area (Å²) in [5.74, 6) is 1.25. The number of aliphatic hydroxyl groups excluding tert-OH is 1. The lowest BCUT2D eigenvalue weighted by atomic mass is 10.2. The van der Waals surface area contributed by atoms with Gasteiger partial charge in [-0.1, -0.05) is 18.2 Å². The van der Waals surface area contributed by atoms with Gasteiger partial charge in [-0.2, -0.15) is 10.1 Å². The van der Waals surface area contributed by atoms with Crippen LogP contribution in [0.2, 0.25) is 0 Å². The third-order valence-corrected chi connectivity index (χ3v) is 4.55. The van der Waals surface area contributed by atoms with E-state index in [-0.39, 0.29) is 6.10 Å². The summed E-state index contributed by atoms with van der Waals surface area (Å²) in [5.41, 5.74) is 3.06. The van der Waals surface area contributed by atoms with E-state index in [2.05, 4.69) is 25.3 Å². The van der Waals surface area contributed by atoms with Gasteiger partial charge in [0.15, 0.2) is 5.82 Å². The first-order chi connectivity index (χ1) is 12.7. The molecule has 2 aromatic heterocycles. The number of nitrogens with one attached hydrogen (secondary N) is 1. The number of para-hydroxylation sites is 1. The Morgan fingerprint density at radius 2 is 2.08 bits per heavy atom. The highest BCUT2D eigenvalue weighted by molar-refractivity contribution is 5.53. The maximum Gasteiger partial charge on any atom is 0.229 e. The van der Waals surface area contributed by atoms with Crippen molar-refractivity contribution in [2.75, 3.05) is 18.4 Å². The van der Waals surface area contributed by atoms with Gasteiger partial charge in [0.05, 0.1) is 11.8 Å². The second kappa shape index (κ2) is 7.23. The first-order valence-electron chi connectivity index (χ1n) is 8.78. The van der Waals surface area contributed by atoms with E-state index in [9.17, 15) is 5.11 Å². The van der Waals surface area contributed by atoms with Crippen molar-refractivity contribution in [3.63, 3.8) is 0 Å². The van der Waals surface area contributed by atoms with E-state index >= 15 is 0 Å². The third kappa shape index (κ3) is 3.74. The summed E-state index contributed by atoms with van der Waals surface area (Å²) >= 11 is 0. The van der Waals surface area contributed by atoms with Crippen LogP contribution >= 0.6 is 0 Å².